The number of halogens is 3. The third-order valence-electron chi connectivity index (χ3n) is 4.04. The lowest BCUT2D eigenvalue weighted by Crippen LogP contribution is -2.37. The van der Waals surface area contributed by atoms with Gasteiger partial charge in [-0.05, 0) is 12.1 Å². The fraction of sp³-hybridized carbons (Fsp3) is 0.176. The van der Waals surface area contributed by atoms with Gasteiger partial charge in [-0.2, -0.15) is 18.2 Å². The van der Waals surface area contributed by atoms with Crippen LogP contribution in [0.3, 0.4) is 0 Å². The van der Waals surface area contributed by atoms with E-state index in [2.05, 4.69) is 35.3 Å². The second-order valence-corrected chi connectivity index (χ2v) is 6.05. The average Bonchev–Trinajstić information content (AvgIpc) is 3.42. The maximum absolute atomic E-state index is 12.5. The number of oxazole rings is 1. The average molecular weight is 420 g/mol. The van der Waals surface area contributed by atoms with Gasteiger partial charge in [-0.15, -0.1) is 0 Å². The minimum Gasteiger partial charge on any atom is -0.451 e. The molecule has 154 valence electrons. The maximum atomic E-state index is 12.5. The van der Waals surface area contributed by atoms with Crippen molar-refractivity contribution < 1.29 is 22.1 Å². The summed E-state index contributed by atoms with van der Waals surface area (Å²) < 4.78 is 46.6. The monoisotopic (exact) mass is 420 g/mol. The molecule has 4 rings (SSSR count). The van der Waals surface area contributed by atoms with E-state index in [1.807, 2.05) is 0 Å². The molecule has 0 saturated heterocycles. The summed E-state index contributed by atoms with van der Waals surface area (Å²) in [7, 11) is 0. The highest BCUT2D eigenvalue weighted by atomic mass is 19.4. The Morgan fingerprint density at radius 2 is 1.67 bits per heavy atom. The highest BCUT2D eigenvalue weighted by Crippen LogP contribution is 2.29. The van der Waals surface area contributed by atoms with Crippen LogP contribution in [0.2, 0.25) is 0 Å². The molecule has 3 aromatic heterocycles. The first kappa shape index (κ1) is 19.3. The maximum Gasteiger partial charge on any atom is 0.471 e. The first-order chi connectivity index (χ1) is 14.3. The van der Waals surface area contributed by atoms with E-state index in [1.165, 1.54) is 31.0 Å². The number of pyridine rings is 1. The van der Waals surface area contributed by atoms with Gasteiger partial charge in [0.1, 0.15) is 17.6 Å². The summed E-state index contributed by atoms with van der Waals surface area (Å²) in [6, 6.07) is 2.97. The summed E-state index contributed by atoms with van der Waals surface area (Å²) in [5.74, 6) is -1.70. The van der Waals surface area contributed by atoms with Crippen LogP contribution in [0, 0.1) is 0 Å². The number of alkyl halides is 3. The fourth-order valence-electron chi connectivity index (χ4n) is 2.53. The van der Waals surface area contributed by atoms with Crippen molar-refractivity contribution in [2.75, 3.05) is 10.6 Å². The molecule has 0 saturated carbocycles. The van der Waals surface area contributed by atoms with Crippen molar-refractivity contribution in [3.05, 3.63) is 68.7 Å². The van der Waals surface area contributed by atoms with E-state index in [0.717, 1.165) is 0 Å². The predicted molar refractivity (Wildman–Crippen MR) is 95.0 cm³/mol. The van der Waals surface area contributed by atoms with Crippen molar-refractivity contribution in [3.8, 4) is 11.4 Å². The Bertz CT molecular complexity index is 1220. The van der Waals surface area contributed by atoms with Crippen LogP contribution in [-0.2, 0) is 19.3 Å². The molecule has 0 spiro atoms. The molecule has 0 aliphatic carbocycles. The zero-order valence-corrected chi connectivity index (χ0v) is 14.9. The normalized spacial score (nSPS) is 11.7. The van der Waals surface area contributed by atoms with Gasteiger partial charge in [0.15, 0.2) is 6.39 Å². The minimum absolute atomic E-state index is 0.101. The van der Waals surface area contributed by atoms with Crippen LogP contribution >= 0.6 is 0 Å². The molecule has 0 aliphatic rings. The minimum atomic E-state index is -4.73. The van der Waals surface area contributed by atoms with Crippen LogP contribution in [0.4, 0.5) is 24.5 Å². The second kappa shape index (κ2) is 7.42. The largest absolute Gasteiger partial charge is 0.471 e. The van der Waals surface area contributed by atoms with Crippen LogP contribution in [0.1, 0.15) is 17.3 Å². The molecule has 4 aromatic rings. The van der Waals surface area contributed by atoms with Crippen LogP contribution in [0.25, 0.3) is 11.4 Å². The van der Waals surface area contributed by atoms with Crippen molar-refractivity contribution >= 4 is 11.4 Å². The molecule has 3 heterocycles. The second-order valence-electron chi connectivity index (χ2n) is 6.05. The third-order valence-corrected chi connectivity index (χ3v) is 4.04. The van der Waals surface area contributed by atoms with Gasteiger partial charge in [0.05, 0.1) is 24.5 Å². The number of nitrogens with one attached hydrogen (secondary N) is 2. The molecule has 0 atom stereocenters. The summed E-state index contributed by atoms with van der Waals surface area (Å²) in [4.78, 5) is 34.8. The number of anilines is 2. The summed E-state index contributed by atoms with van der Waals surface area (Å²) in [6.07, 6.45) is -0.819. The van der Waals surface area contributed by atoms with E-state index in [-0.39, 0.29) is 35.9 Å². The Morgan fingerprint density at radius 3 is 2.20 bits per heavy atom. The van der Waals surface area contributed by atoms with E-state index in [1.54, 1.807) is 0 Å². The lowest BCUT2D eigenvalue weighted by Gasteiger charge is -2.14. The lowest BCUT2D eigenvalue weighted by atomic mass is 10.1. The molecule has 30 heavy (non-hydrogen) atoms. The van der Waals surface area contributed by atoms with E-state index in [4.69, 9.17) is 4.42 Å². The molecule has 0 fully saturated rings. The third kappa shape index (κ3) is 3.76. The Labute approximate surface area is 164 Å². The number of aromatic nitrogens is 4. The molecule has 2 N–H and O–H groups in total. The topological polar surface area (TPSA) is 136 Å². The molecule has 10 nitrogen and oxygen atoms in total. The number of hydrogen-bond donors (Lipinski definition) is 2. The van der Waals surface area contributed by atoms with E-state index < -0.39 is 22.9 Å². The van der Waals surface area contributed by atoms with Crippen molar-refractivity contribution in [2.45, 2.75) is 19.3 Å². The highest BCUT2D eigenvalue weighted by molar-refractivity contribution is 5.73. The standard InChI is InChI=1S/C17H11F3N6O4/c18-17(19,20)16-25-15(26-30-16)8-1-2-9(21-3-8)4-22-11-12(14(28)13(11)27)23-5-10-6-29-7-24-10/h1-3,6-7,22-23H,4-5H2. The Morgan fingerprint density at radius 1 is 0.967 bits per heavy atom. The molecular weight excluding hydrogens is 409 g/mol. The molecular formula is C17H11F3N6O4. The van der Waals surface area contributed by atoms with E-state index in [9.17, 15) is 22.8 Å². The Kier molecular flexibility index (Phi) is 4.77. The van der Waals surface area contributed by atoms with Gasteiger partial charge >= 0.3 is 12.1 Å². The molecule has 0 radical (unpaired) electrons. The van der Waals surface area contributed by atoms with Crippen molar-refractivity contribution in [1.29, 1.82) is 0 Å². The van der Waals surface area contributed by atoms with E-state index >= 15 is 0 Å². The van der Waals surface area contributed by atoms with Crippen LogP contribution in [0.15, 0.2) is 49.5 Å². The highest BCUT2D eigenvalue weighted by Gasteiger charge is 2.38. The summed E-state index contributed by atoms with van der Waals surface area (Å²) in [5, 5.41) is 8.92. The fourth-order valence-corrected chi connectivity index (χ4v) is 2.53. The summed E-state index contributed by atoms with van der Waals surface area (Å²) in [5.41, 5.74) is 0.174. The van der Waals surface area contributed by atoms with Crippen molar-refractivity contribution in [1.82, 2.24) is 20.1 Å². The van der Waals surface area contributed by atoms with Crippen LogP contribution in [0.5, 0.6) is 0 Å². The van der Waals surface area contributed by atoms with Crippen LogP contribution in [-0.4, -0.2) is 20.1 Å². The molecule has 0 aliphatic heterocycles. The Hall–Kier alpha value is -4.03. The van der Waals surface area contributed by atoms with Gasteiger partial charge < -0.3 is 19.6 Å². The summed E-state index contributed by atoms with van der Waals surface area (Å²) in [6.45, 7) is 0.303. The SMILES string of the molecule is O=c1c(NCc2ccc(-c3noc(C(F)(F)F)n3)cn2)c(NCc2cocn2)c1=O. The summed E-state index contributed by atoms with van der Waals surface area (Å²) >= 11 is 0. The quantitative estimate of drug-likeness (QED) is 0.427. The molecule has 0 amide bonds. The van der Waals surface area contributed by atoms with Gasteiger partial charge in [-0.25, -0.2) is 4.98 Å². The van der Waals surface area contributed by atoms with Gasteiger partial charge in [0, 0.05) is 11.8 Å². The first-order valence-corrected chi connectivity index (χ1v) is 8.37. The van der Waals surface area contributed by atoms with Gasteiger partial charge in [-0.1, -0.05) is 5.16 Å². The van der Waals surface area contributed by atoms with E-state index in [0.29, 0.717) is 11.4 Å². The van der Waals surface area contributed by atoms with Gasteiger partial charge in [0.2, 0.25) is 5.82 Å². The first-order valence-electron chi connectivity index (χ1n) is 8.37. The van der Waals surface area contributed by atoms with Gasteiger partial charge in [0.25, 0.3) is 10.9 Å². The molecule has 0 unspecified atom stereocenters. The zero-order valence-electron chi connectivity index (χ0n) is 14.9. The van der Waals surface area contributed by atoms with Crippen LogP contribution < -0.4 is 21.5 Å². The Balaban J connectivity index is 1.40. The van der Waals surface area contributed by atoms with Crippen molar-refractivity contribution in [3.63, 3.8) is 0 Å². The lowest BCUT2D eigenvalue weighted by molar-refractivity contribution is -0.159. The van der Waals surface area contributed by atoms with Gasteiger partial charge in [-0.3, -0.25) is 14.6 Å². The number of hydrogen-bond acceptors (Lipinski definition) is 10. The molecule has 13 heteroatoms. The molecule has 1 aromatic carbocycles. The zero-order chi connectivity index (χ0) is 21.3. The number of rotatable bonds is 7. The number of nitrogens with zero attached hydrogens (tertiary/aromatic N) is 4. The van der Waals surface area contributed by atoms with Crippen molar-refractivity contribution in [2.24, 2.45) is 0 Å². The molecule has 0 bridgehead atoms. The smallest absolute Gasteiger partial charge is 0.451 e. The predicted octanol–water partition coefficient (Wildman–Crippen LogP) is 1.96.